The van der Waals surface area contributed by atoms with Gasteiger partial charge in [-0.25, -0.2) is 0 Å². The quantitative estimate of drug-likeness (QED) is 0.771. The van der Waals surface area contributed by atoms with Gasteiger partial charge in [-0.05, 0) is 45.6 Å². The molecule has 2 unspecified atom stereocenters. The fourth-order valence-electron chi connectivity index (χ4n) is 2.50. The smallest absolute Gasteiger partial charge is 0.109 e. The van der Waals surface area contributed by atoms with E-state index in [0.29, 0.717) is 12.2 Å². The molecule has 2 rings (SSSR count). The average molecular weight is 208 g/mol. The Morgan fingerprint density at radius 1 is 1.27 bits per heavy atom. The van der Waals surface area contributed by atoms with Crippen LogP contribution >= 0.6 is 0 Å². The highest BCUT2D eigenvalue weighted by Gasteiger charge is 2.37. The monoisotopic (exact) mass is 208 g/mol. The standard InChI is InChI=1S/C12H20N2O/c1-14-12(9-13)7-3-6-11(8-12)15-10-4-2-5-10/h10-11,14H,2-8H2,1H3. The van der Waals surface area contributed by atoms with Crippen LogP contribution in [0.4, 0.5) is 0 Å². The topological polar surface area (TPSA) is 45.0 Å². The van der Waals surface area contributed by atoms with Gasteiger partial charge < -0.3 is 10.1 Å². The zero-order chi connectivity index (χ0) is 10.7. The van der Waals surface area contributed by atoms with E-state index in [4.69, 9.17) is 4.74 Å². The molecule has 0 aromatic carbocycles. The van der Waals surface area contributed by atoms with Gasteiger partial charge >= 0.3 is 0 Å². The van der Waals surface area contributed by atoms with Gasteiger partial charge in [0, 0.05) is 6.42 Å². The van der Waals surface area contributed by atoms with E-state index in [2.05, 4.69) is 11.4 Å². The van der Waals surface area contributed by atoms with Crippen LogP contribution in [0.2, 0.25) is 0 Å². The second kappa shape index (κ2) is 4.51. The number of nitrogens with one attached hydrogen (secondary N) is 1. The highest BCUT2D eigenvalue weighted by molar-refractivity contribution is 5.09. The van der Waals surface area contributed by atoms with Crippen LogP contribution in [0.1, 0.15) is 44.9 Å². The van der Waals surface area contributed by atoms with Crippen LogP contribution in [0, 0.1) is 11.3 Å². The Morgan fingerprint density at radius 2 is 2.00 bits per heavy atom. The van der Waals surface area contributed by atoms with Crippen molar-refractivity contribution in [1.29, 1.82) is 5.26 Å². The van der Waals surface area contributed by atoms with E-state index in [-0.39, 0.29) is 5.54 Å². The van der Waals surface area contributed by atoms with Crippen molar-refractivity contribution < 1.29 is 4.74 Å². The van der Waals surface area contributed by atoms with Gasteiger partial charge in [-0.15, -0.1) is 0 Å². The molecule has 0 spiro atoms. The molecule has 0 aliphatic heterocycles. The van der Waals surface area contributed by atoms with Gasteiger partial charge in [0.2, 0.25) is 0 Å². The minimum atomic E-state index is -0.327. The highest BCUT2D eigenvalue weighted by Crippen LogP contribution is 2.33. The van der Waals surface area contributed by atoms with Gasteiger partial charge in [0.15, 0.2) is 0 Å². The van der Waals surface area contributed by atoms with Gasteiger partial charge in [-0.2, -0.15) is 5.26 Å². The molecule has 0 aromatic rings. The summed E-state index contributed by atoms with van der Waals surface area (Å²) < 4.78 is 6.00. The maximum Gasteiger partial charge on any atom is 0.109 e. The number of hydrogen-bond acceptors (Lipinski definition) is 3. The first-order valence-electron chi connectivity index (χ1n) is 6.04. The minimum Gasteiger partial charge on any atom is -0.375 e. The Labute approximate surface area is 91.8 Å². The molecule has 3 nitrogen and oxygen atoms in total. The summed E-state index contributed by atoms with van der Waals surface area (Å²) in [6, 6.07) is 2.42. The van der Waals surface area contributed by atoms with E-state index in [1.54, 1.807) is 0 Å². The number of nitrogens with zero attached hydrogens (tertiary/aromatic N) is 1. The lowest BCUT2D eigenvalue weighted by atomic mass is 9.81. The molecule has 3 heteroatoms. The molecule has 0 heterocycles. The third-order valence-electron chi connectivity index (χ3n) is 3.84. The van der Waals surface area contributed by atoms with Crippen molar-refractivity contribution in [2.45, 2.75) is 62.7 Å². The summed E-state index contributed by atoms with van der Waals surface area (Å²) in [5, 5.41) is 12.4. The fourth-order valence-corrected chi connectivity index (χ4v) is 2.50. The molecule has 0 amide bonds. The predicted molar refractivity (Wildman–Crippen MR) is 58.4 cm³/mol. The van der Waals surface area contributed by atoms with Crippen molar-refractivity contribution in [1.82, 2.24) is 5.32 Å². The van der Waals surface area contributed by atoms with Gasteiger partial charge in [0.05, 0.1) is 18.3 Å². The SMILES string of the molecule is CNC1(C#N)CCCC(OC2CCC2)C1. The first kappa shape index (κ1) is 10.9. The van der Waals surface area contributed by atoms with Crippen LogP contribution in [0.5, 0.6) is 0 Å². The van der Waals surface area contributed by atoms with Crippen molar-refractivity contribution in [3.05, 3.63) is 0 Å². The molecule has 2 saturated carbocycles. The van der Waals surface area contributed by atoms with Crippen molar-refractivity contribution in [3.8, 4) is 6.07 Å². The third kappa shape index (κ3) is 2.32. The first-order chi connectivity index (χ1) is 7.28. The first-order valence-corrected chi connectivity index (χ1v) is 6.04. The van der Waals surface area contributed by atoms with Crippen LogP contribution in [-0.2, 0) is 4.74 Å². The van der Waals surface area contributed by atoms with Crippen molar-refractivity contribution in [2.24, 2.45) is 0 Å². The number of rotatable bonds is 3. The molecule has 84 valence electrons. The largest absolute Gasteiger partial charge is 0.375 e. The zero-order valence-electron chi connectivity index (χ0n) is 9.46. The molecule has 15 heavy (non-hydrogen) atoms. The van der Waals surface area contributed by atoms with E-state index in [0.717, 1.165) is 25.7 Å². The number of nitriles is 1. The van der Waals surface area contributed by atoms with Crippen LogP contribution < -0.4 is 5.32 Å². The van der Waals surface area contributed by atoms with E-state index >= 15 is 0 Å². The van der Waals surface area contributed by atoms with Crippen LogP contribution in [0.15, 0.2) is 0 Å². The predicted octanol–water partition coefficient (Wildman–Crippen LogP) is 1.98. The number of hydrogen-bond donors (Lipinski definition) is 1. The van der Waals surface area contributed by atoms with Gasteiger partial charge in [0.1, 0.15) is 5.54 Å². The molecular formula is C12H20N2O. The van der Waals surface area contributed by atoms with Crippen molar-refractivity contribution >= 4 is 0 Å². The Morgan fingerprint density at radius 3 is 2.53 bits per heavy atom. The molecule has 2 atom stereocenters. The van der Waals surface area contributed by atoms with E-state index in [1.807, 2.05) is 7.05 Å². The molecule has 2 aliphatic rings. The second-order valence-corrected chi connectivity index (χ2v) is 4.85. The Kier molecular flexibility index (Phi) is 3.28. The van der Waals surface area contributed by atoms with Gasteiger partial charge in [0.25, 0.3) is 0 Å². The lowest BCUT2D eigenvalue weighted by Crippen LogP contribution is -2.48. The minimum absolute atomic E-state index is 0.302. The lowest BCUT2D eigenvalue weighted by molar-refractivity contribution is -0.0736. The molecule has 0 radical (unpaired) electrons. The van der Waals surface area contributed by atoms with Crippen molar-refractivity contribution in [3.63, 3.8) is 0 Å². The van der Waals surface area contributed by atoms with Gasteiger partial charge in [-0.1, -0.05) is 0 Å². The van der Waals surface area contributed by atoms with E-state index in [9.17, 15) is 5.26 Å². The van der Waals surface area contributed by atoms with Crippen molar-refractivity contribution in [2.75, 3.05) is 7.05 Å². The Bertz CT molecular complexity index is 257. The third-order valence-corrected chi connectivity index (χ3v) is 3.84. The maximum absolute atomic E-state index is 9.20. The molecule has 2 aliphatic carbocycles. The van der Waals surface area contributed by atoms with Crippen LogP contribution in [0.3, 0.4) is 0 Å². The summed E-state index contributed by atoms with van der Waals surface area (Å²) in [5.74, 6) is 0. The summed E-state index contributed by atoms with van der Waals surface area (Å²) in [7, 11) is 1.88. The second-order valence-electron chi connectivity index (χ2n) is 4.85. The summed E-state index contributed by atoms with van der Waals surface area (Å²) in [4.78, 5) is 0. The Balaban J connectivity index is 1.88. The maximum atomic E-state index is 9.20. The summed E-state index contributed by atoms with van der Waals surface area (Å²) in [6.45, 7) is 0. The molecule has 1 N–H and O–H groups in total. The zero-order valence-corrected chi connectivity index (χ0v) is 9.46. The normalized spacial score (nSPS) is 36.9. The highest BCUT2D eigenvalue weighted by atomic mass is 16.5. The summed E-state index contributed by atoms with van der Waals surface area (Å²) in [6.07, 6.45) is 8.59. The Hall–Kier alpha value is -0.590. The number of ether oxygens (including phenoxy) is 1. The lowest BCUT2D eigenvalue weighted by Gasteiger charge is -2.38. The average Bonchev–Trinajstić information content (AvgIpc) is 2.24. The van der Waals surface area contributed by atoms with Gasteiger partial charge in [-0.3, -0.25) is 0 Å². The van der Waals surface area contributed by atoms with E-state index < -0.39 is 0 Å². The molecule has 2 fully saturated rings. The van der Waals surface area contributed by atoms with E-state index in [1.165, 1.54) is 19.3 Å². The summed E-state index contributed by atoms with van der Waals surface area (Å²) in [5.41, 5.74) is -0.327. The summed E-state index contributed by atoms with van der Waals surface area (Å²) >= 11 is 0. The van der Waals surface area contributed by atoms with Crippen LogP contribution in [0.25, 0.3) is 0 Å². The molecular weight excluding hydrogens is 188 g/mol. The molecule has 0 bridgehead atoms. The fraction of sp³-hybridized carbons (Fsp3) is 0.917. The molecule has 0 saturated heterocycles. The molecule has 0 aromatic heterocycles. The van der Waals surface area contributed by atoms with Crippen LogP contribution in [-0.4, -0.2) is 24.8 Å².